The van der Waals surface area contributed by atoms with Gasteiger partial charge in [-0.05, 0) is 26.0 Å². The summed E-state index contributed by atoms with van der Waals surface area (Å²) in [5.41, 5.74) is 2.40. The molecule has 0 amide bonds. The highest BCUT2D eigenvalue weighted by Gasteiger charge is 2.32. The minimum atomic E-state index is 0.337. The molecule has 0 bridgehead atoms. The van der Waals surface area contributed by atoms with E-state index in [4.69, 9.17) is 9.84 Å². The third kappa shape index (κ3) is 2.83. The van der Waals surface area contributed by atoms with Gasteiger partial charge in [-0.1, -0.05) is 25.1 Å². The Bertz CT molecular complexity index is 607. The van der Waals surface area contributed by atoms with Gasteiger partial charge in [-0.25, -0.2) is 0 Å². The number of ether oxygens (including phenoxy) is 1. The Kier molecular flexibility index (Phi) is 4.27. The van der Waals surface area contributed by atoms with Gasteiger partial charge in [0.2, 0.25) is 0 Å². The van der Waals surface area contributed by atoms with Crippen molar-refractivity contribution >= 4 is 10.9 Å². The van der Waals surface area contributed by atoms with Crippen molar-refractivity contribution in [3.63, 3.8) is 0 Å². The lowest BCUT2D eigenvalue weighted by Crippen LogP contribution is -2.41. The van der Waals surface area contributed by atoms with Gasteiger partial charge in [0.05, 0.1) is 17.3 Å². The fourth-order valence-corrected chi connectivity index (χ4v) is 3.56. The van der Waals surface area contributed by atoms with Crippen LogP contribution in [0, 0.1) is 5.92 Å². The van der Waals surface area contributed by atoms with E-state index in [0.717, 1.165) is 26.0 Å². The molecule has 1 aliphatic heterocycles. The number of benzene rings is 1. The minimum Gasteiger partial charge on any atom is -0.378 e. The van der Waals surface area contributed by atoms with E-state index in [1.54, 1.807) is 0 Å². The minimum absolute atomic E-state index is 0.337. The smallest absolute Gasteiger partial charge is 0.0718 e. The number of likely N-dealkylation sites (N-methyl/N-ethyl adjacent to an activating group) is 1. The standard InChI is InChI=1S/C17H25N3O/c1-4-18-15(13-9-10-21-12(13)2)11-16-14-7-5-6-8-17(14)20(3)19-16/h5-8,12-13,15,18H,4,9-11H2,1-3H3. The number of rotatable bonds is 5. The van der Waals surface area contributed by atoms with Gasteiger partial charge in [0.1, 0.15) is 0 Å². The molecular formula is C17H25N3O. The van der Waals surface area contributed by atoms with Crippen LogP contribution < -0.4 is 5.32 Å². The van der Waals surface area contributed by atoms with Crippen molar-refractivity contribution in [2.75, 3.05) is 13.2 Å². The highest BCUT2D eigenvalue weighted by molar-refractivity contribution is 5.81. The third-order valence-electron chi connectivity index (χ3n) is 4.67. The first-order valence-electron chi connectivity index (χ1n) is 7.96. The average molecular weight is 287 g/mol. The van der Waals surface area contributed by atoms with Gasteiger partial charge in [0.25, 0.3) is 0 Å². The maximum absolute atomic E-state index is 5.76. The van der Waals surface area contributed by atoms with Crippen LogP contribution in [0.1, 0.15) is 26.0 Å². The highest BCUT2D eigenvalue weighted by atomic mass is 16.5. The zero-order chi connectivity index (χ0) is 14.8. The van der Waals surface area contributed by atoms with Crippen molar-refractivity contribution in [3.8, 4) is 0 Å². The summed E-state index contributed by atoms with van der Waals surface area (Å²) in [6.45, 7) is 6.23. The molecule has 0 spiro atoms. The maximum atomic E-state index is 5.76. The molecule has 4 nitrogen and oxygen atoms in total. The molecule has 2 aromatic rings. The lowest BCUT2D eigenvalue weighted by atomic mass is 9.89. The van der Waals surface area contributed by atoms with Crippen LogP contribution in [0.15, 0.2) is 24.3 Å². The summed E-state index contributed by atoms with van der Waals surface area (Å²) in [6.07, 6.45) is 2.45. The summed E-state index contributed by atoms with van der Waals surface area (Å²) in [6, 6.07) is 8.91. The molecule has 3 unspecified atom stereocenters. The van der Waals surface area contributed by atoms with Crippen LogP contribution in [0.4, 0.5) is 0 Å². The van der Waals surface area contributed by atoms with Crippen molar-refractivity contribution in [1.29, 1.82) is 0 Å². The van der Waals surface area contributed by atoms with E-state index in [0.29, 0.717) is 18.1 Å². The number of hydrogen-bond donors (Lipinski definition) is 1. The van der Waals surface area contributed by atoms with Gasteiger partial charge in [-0.3, -0.25) is 4.68 Å². The molecule has 1 aromatic carbocycles. The van der Waals surface area contributed by atoms with Gasteiger partial charge in [0.15, 0.2) is 0 Å². The first kappa shape index (κ1) is 14.5. The SMILES string of the molecule is CCNC(Cc1nn(C)c2ccccc12)C1CCOC1C. The number of aromatic nitrogens is 2. The Morgan fingerprint density at radius 3 is 2.95 bits per heavy atom. The third-order valence-corrected chi connectivity index (χ3v) is 4.67. The Morgan fingerprint density at radius 2 is 2.24 bits per heavy atom. The van der Waals surface area contributed by atoms with Gasteiger partial charge in [0, 0.05) is 37.4 Å². The Labute approximate surface area is 126 Å². The van der Waals surface area contributed by atoms with Crippen LogP contribution in [-0.2, 0) is 18.2 Å². The molecular weight excluding hydrogens is 262 g/mol. The van der Waals surface area contributed by atoms with Gasteiger partial charge < -0.3 is 10.1 Å². The second kappa shape index (κ2) is 6.16. The molecule has 1 aliphatic rings. The summed E-state index contributed by atoms with van der Waals surface area (Å²) in [5, 5.41) is 9.66. The number of fused-ring (bicyclic) bond motifs is 1. The first-order chi connectivity index (χ1) is 10.2. The van der Waals surface area contributed by atoms with E-state index in [2.05, 4.69) is 43.4 Å². The van der Waals surface area contributed by atoms with Gasteiger partial charge >= 0.3 is 0 Å². The first-order valence-corrected chi connectivity index (χ1v) is 7.96. The molecule has 114 valence electrons. The molecule has 21 heavy (non-hydrogen) atoms. The maximum Gasteiger partial charge on any atom is 0.0718 e. The topological polar surface area (TPSA) is 39.1 Å². The highest BCUT2D eigenvalue weighted by Crippen LogP contribution is 2.27. The molecule has 1 saturated heterocycles. The van der Waals surface area contributed by atoms with Gasteiger partial charge in [-0.2, -0.15) is 5.10 Å². The molecule has 1 N–H and O–H groups in total. The number of hydrogen-bond acceptors (Lipinski definition) is 3. The molecule has 0 radical (unpaired) electrons. The van der Waals surface area contributed by atoms with E-state index in [1.165, 1.54) is 16.6 Å². The molecule has 3 atom stereocenters. The second-order valence-electron chi connectivity index (χ2n) is 5.98. The number of aryl methyl sites for hydroxylation is 1. The Hall–Kier alpha value is -1.39. The fraction of sp³-hybridized carbons (Fsp3) is 0.588. The summed E-state index contributed by atoms with van der Waals surface area (Å²) in [4.78, 5) is 0. The van der Waals surface area contributed by atoms with Crippen LogP contribution in [0.5, 0.6) is 0 Å². The summed E-state index contributed by atoms with van der Waals surface area (Å²) in [7, 11) is 2.02. The molecule has 1 fully saturated rings. The lowest BCUT2D eigenvalue weighted by Gasteiger charge is -2.26. The summed E-state index contributed by atoms with van der Waals surface area (Å²) in [5.74, 6) is 0.575. The van der Waals surface area contributed by atoms with E-state index in [9.17, 15) is 0 Å². The van der Waals surface area contributed by atoms with Crippen LogP contribution in [-0.4, -0.2) is 35.1 Å². The second-order valence-corrected chi connectivity index (χ2v) is 5.98. The monoisotopic (exact) mass is 287 g/mol. The molecule has 4 heteroatoms. The van der Waals surface area contributed by atoms with Crippen molar-refractivity contribution in [1.82, 2.24) is 15.1 Å². The molecule has 0 saturated carbocycles. The molecule has 3 rings (SSSR count). The zero-order valence-corrected chi connectivity index (χ0v) is 13.2. The zero-order valence-electron chi connectivity index (χ0n) is 13.2. The van der Waals surface area contributed by atoms with Crippen molar-refractivity contribution in [2.24, 2.45) is 13.0 Å². The van der Waals surface area contributed by atoms with Crippen molar-refractivity contribution < 1.29 is 4.74 Å². The van der Waals surface area contributed by atoms with Crippen molar-refractivity contribution in [3.05, 3.63) is 30.0 Å². The van der Waals surface area contributed by atoms with Crippen molar-refractivity contribution in [2.45, 2.75) is 38.8 Å². The number of nitrogens with one attached hydrogen (secondary N) is 1. The fourth-order valence-electron chi connectivity index (χ4n) is 3.56. The van der Waals surface area contributed by atoms with Crippen LogP contribution in [0.2, 0.25) is 0 Å². The van der Waals surface area contributed by atoms with Crippen LogP contribution in [0.25, 0.3) is 10.9 Å². The predicted molar refractivity (Wildman–Crippen MR) is 85.4 cm³/mol. The molecule has 2 heterocycles. The largest absolute Gasteiger partial charge is 0.378 e. The quantitative estimate of drug-likeness (QED) is 0.918. The Balaban J connectivity index is 1.87. The lowest BCUT2D eigenvalue weighted by molar-refractivity contribution is 0.0955. The Morgan fingerprint density at radius 1 is 1.43 bits per heavy atom. The normalized spacial score (nSPS) is 23.8. The summed E-state index contributed by atoms with van der Waals surface area (Å²) >= 11 is 0. The van der Waals surface area contributed by atoms with Gasteiger partial charge in [-0.15, -0.1) is 0 Å². The van der Waals surface area contributed by atoms with E-state index < -0.39 is 0 Å². The average Bonchev–Trinajstić information content (AvgIpc) is 3.04. The van der Waals surface area contributed by atoms with E-state index in [1.807, 2.05) is 11.7 Å². The van der Waals surface area contributed by atoms with E-state index in [-0.39, 0.29) is 0 Å². The number of para-hydroxylation sites is 1. The molecule has 1 aromatic heterocycles. The molecule has 0 aliphatic carbocycles. The van der Waals surface area contributed by atoms with Crippen LogP contribution >= 0.6 is 0 Å². The predicted octanol–water partition coefficient (Wildman–Crippen LogP) is 2.52. The summed E-state index contributed by atoms with van der Waals surface area (Å²) < 4.78 is 7.75. The van der Waals surface area contributed by atoms with Crippen LogP contribution in [0.3, 0.4) is 0 Å². The number of nitrogens with zero attached hydrogens (tertiary/aromatic N) is 2. The van der Waals surface area contributed by atoms with E-state index >= 15 is 0 Å².